The Morgan fingerprint density at radius 1 is 1.67 bits per heavy atom. The standard InChI is InChI=1S/C7H17NSi/c1-4-7(2)5-6-9-8-3/h5-8H,4,9H2,1-3H3. The van der Waals surface area contributed by atoms with Gasteiger partial charge in [0.1, 0.15) is 9.68 Å². The highest BCUT2D eigenvalue weighted by Gasteiger charge is 1.87. The van der Waals surface area contributed by atoms with Crippen LogP contribution in [0.4, 0.5) is 0 Å². The lowest BCUT2D eigenvalue weighted by atomic mass is 10.1. The molecular formula is C7H17NSi. The van der Waals surface area contributed by atoms with Crippen molar-refractivity contribution in [3.05, 3.63) is 11.8 Å². The van der Waals surface area contributed by atoms with Crippen LogP contribution in [0.1, 0.15) is 20.3 Å². The van der Waals surface area contributed by atoms with E-state index in [4.69, 9.17) is 0 Å². The van der Waals surface area contributed by atoms with Crippen LogP contribution >= 0.6 is 0 Å². The van der Waals surface area contributed by atoms with Crippen molar-refractivity contribution in [2.75, 3.05) is 7.05 Å². The molecule has 0 aliphatic rings. The maximum absolute atomic E-state index is 3.20. The summed E-state index contributed by atoms with van der Waals surface area (Å²) in [5, 5.41) is 0. The van der Waals surface area contributed by atoms with Gasteiger partial charge in [0.2, 0.25) is 0 Å². The Hall–Kier alpha value is -0.0831. The Balaban J connectivity index is 3.20. The molecule has 1 nitrogen and oxygen atoms in total. The predicted octanol–water partition coefficient (Wildman–Crippen LogP) is 0.849. The molecular weight excluding hydrogens is 126 g/mol. The quantitative estimate of drug-likeness (QED) is 0.575. The van der Waals surface area contributed by atoms with Gasteiger partial charge in [0, 0.05) is 0 Å². The Bertz CT molecular complexity index is 81.0. The molecule has 0 bridgehead atoms. The van der Waals surface area contributed by atoms with Crippen LogP contribution in [0.25, 0.3) is 0 Å². The molecule has 9 heavy (non-hydrogen) atoms. The highest BCUT2D eigenvalue weighted by atomic mass is 28.2. The molecule has 0 fully saturated rings. The molecule has 1 atom stereocenters. The molecule has 0 saturated heterocycles. The summed E-state index contributed by atoms with van der Waals surface area (Å²) in [7, 11) is 1.96. The molecule has 1 N–H and O–H groups in total. The highest BCUT2D eigenvalue weighted by Crippen LogP contribution is 2.00. The van der Waals surface area contributed by atoms with E-state index >= 15 is 0 Å². The second kappa shape index (κ2) is 6.04. The topological polar surface area (TPSA) is 12.0 Å². The molecule has 0 heterocycles. The van der Waals surface area contributed by atoms with Crippen molar-refractivity contribution in [3.63, 3.8) is 0 Å². The molecule has 0 spiro atoms. The van der Waals surface area contributed by atoms with Gasteiger partial charge < -0.3 is 4.98 Å². The van der Waals surface area contributed by atoms with Crippen LogP contribution in [0.2, 0.25) is 0 Å². The summed E-state index contributed by atoms with van der Waals surface area (Å²) in [6, 6.07) is 0. The first-order chi connectivity index (χ1) is 4.31. The Morgan fingerprint density at radius 3 is 2.78 bits per heavy atom. The third kappa shape index (κ3) is 5.79. The summed E-state index contributed by atoms with van der Waals surface area (Å²) < 4.78 is 0. The van der Waals surface area contributed by atoms with Crippen LogP contribution in [-0.4, -0.2) is 16.7 Å². The zero-order valence-electron chi connectivity index (χ0n) is 6.65. The van der Waals surface area contributed by atoms with Gasteiger partial charge in [-0.25, -0.2) is 0 Å². The zero-order chi connectivity index (χ0) is 7.11. The summed E-state index contributed by atoms with van der Waals surface area (Å²) in [5.41, 5.74) is 2.31. The normalized spacial score (nSPS) is 15.9. The van der Waals surface area contributed by atoms with E-state index in [1.165, 1.54) is 6.42 Å². The van der Waals surface area contributed by atoms with Crippen LogP contribution in [0.15, 0.2) is 11.8 Å². The third-order valence-electron chi connectivity index (χ3n) is 1.43. The molecule has 0 aromatic rings. The zero-order valence-corrected chi connectivity index (χ0v) is 8.06. The van der Waals surface area contributed by atoms with Crippen molar-refractivity contribution in [1.82, 2.24) is 4.98 Å². The van der Waals surface area contributed by atoms with E-state index in [2.05, 4.69) is 30.6 Å². The van der Waals surface area contributed by atoms with Crippen molar-refractivity contribution in [2.45, 2.75) is 20.3 Å². The fourth-order valence-corrected chi connectivity index (χ4v) is 1.39. The first-order valence-corrected chi connectivity index (χ1v) is 5.14. The van der Waals surface area contributed by atoms with Crippen LogP contribution in [-0.2, 0) is 0 Å². The van der Waals surface area contributed by atoms with E-state index in [1.807, 2.05) is 7.05 Å². The van der Waals surface area contributed by atoms with E-state index in [1.54, 1.807) is 0 Å². The van der Waals surface area contributed by atoms with E-state index in [9.17, 15) is 0 Å². The second-order valence-electron chi connectivity index (χ2n) is 2.37. The lowest BCUT2D eigenvalue weighted by molar-refractivity contribution is 0.699. The van der Waals surface area contributed by atoms with Gasteiger partial charge >= 0.3 is 0 Å². The third-order valence-corrected chi connectivity index (χ3v) is 2.35. The maximum Gasteiger partial charge on any atom is 0.116 e. The maximum atomic E-state index is 3.20. The Kier molecular flexibility index (Phi) is 5.99. The van der Waals surface area contributed by atoms with E-state index < -0.39 is 0 Å². The first kappa shape index (κ1) is 8.92. The molecule has 0 rings (SSSR count). The van der Waals surface area contributed by atoms with E-state index in [0.717, 1.165) is 5.92 Å². The fourth-order valence-electron chi connectivity index (χ4n) is 0.554. The van der Waals surface area contributed by atoms with Crippen LogP contribution in [0.3, 0.4) is 0 Å². The molecule has 0 radical (unpaired) electrons. The SMILES string of the molecule is CCC(C)C=C[SiH2]NC. The summed E-state index contributed by atoms with van der Waals surface area (Å²) in [5.74, 6) is 0.769. The van der Waals surface area contributed by atoms with Crippen molar-refractivity contribution in [3.8, 4) is 0 Å². The minimum atomic E-state index is -0.0610. The molecule has 0 saturated carbocycles. The van der Waals surface area contributed by atoms with Crippen molar-refractivity contribution < 1.29 is 0 Å². The summed E-state index contributed by atoms with van der Waals surface area (Å²) in [6.07, 6.45) is 3.57. The number of hydrogen-bond acceptors (Lipinski definition) is 1. The number of nitrogens with one attached hydrogen (secondary N) is 1. The van der Waals surface area contributed by atoms with Gasteiger partial charge in [0.25, 0.3) is 0 Å². The number of allylic oxidation sites excluding steroid dienone is 1. The average Bonchev–Trinajstić information content (AvgIpc) is 1.89. The molecule has 2 heteroatoms. The smallest absolute Gasteiger partial charge is 0.116 e. The van der Waals surface area contributed by atoms with Gasteiger partial charge in [0.15, 0.2) is 0 Å². The van der Waals surface area contributed by atoms with Crippen LogP contribution in [0.5, 0.6) is 0 Å². The Morgan fingerprint density at radius 2 is 2.33 bits per heavy atom. The molecule has 1 unspecified atom stereocenters. The van der Waals surface area contributed by atoms with Crippen molar-refractivity contribution >= 4 is 9.68 Å². The van der Waals surface area contributed by atoms with Crippen LogP contribution in [0, 0.1) is 5.92 Å². The summed E-state index contributed by atoms with van der Waals surface area (Å²) >= 11 is 0. The minimum absolute atomic E-state index is 0.0610. The van der Waals surface area contributed by atoms with Crippen molar-refractivity contribution in [1.29, 1.82) is 0 Å². The largest absolute Gasteiger partial charge is 0.342 e. The summed E-state index contributed by atoms with van der Waals surface area (Å²) in [4.78, 5) is 3.20. The van der Waals surface area contributed by atoms with Gasteiger partial charge in [-0.05, 0) is 13.0 Å². The van der Waals surface area contributed by atoms with Gasteiger partial charge in [-0.1, -0.05) is 32.0 Å². The molecule has 0 aromatic heterocycles. The van der Waals surface area contributed by atoms with Gasteiger partial charge in [-0.3, -0.25) is 0 Å². The van der Waals surface area contributed by atoms with E-state index in [0.29, 0.717) is 0 Å². The molecule has 0 aliphatic carbocycles. The molecule has 0 aliphatic heterocycles. The number of rotatable bonds is 4. The lowest BCUT2D eigenvalue weighted by Gasteiger charge is -1.97. The number of hydrogen-bond donors (Lipinski definition) is 1. The average molecular weight is 143 g/mol. The Labute approximate surface area is 60.4 Å². The monoisotopic (exact) mass is 143 g/mol. The van der Waals surface area contributed by atoms with Crippen molar-refractivity contribution in [2.24, 2.45) is 5.92 Å². The van der Waals surface area contributed by atoms with Crippen LogP contribution < -0.4 is 4.98 Å². The predicted molar refractivity (Wildman–Crippen MR) is 46.2 cm³/mol. The van der Waals surface area contributed by atoms with E-state index in [-0.39, 0.29) is 9.68 Å². The highest BCUT2D eigenvalue weighted by molar-refractivity contribution is 6.38. The summed E-state index contributed by atoms with van der Waals surface area (Å²) in [6.45, 7) is 4.47. The first-order valence-electron chi connectivity index (χ1n) is 3.62. The lowest BCUT2D eigenvalue weighted by Crippen LogP contribution is -2.09. The molecule has 0 aromatic carbocycles. The minimum Gasteiger partial charge on any atom is -0.342 e. The van der Waals surface area contributed by atoms with Gasteiger partial charge in [-0.2, -0.15) is 0 Å². The van der Waals surface area contributed by atoms with Gasteiger partial charge in [-0.15, -0.1) is 0 Å². The second-order valence-corrected chi connectivity index (χ2v) is 3.96. The van der Waals surface area contributed by atoms with Gasteiger partial charge in [0.05, 0.1) is 0 Å². The fraction of sp³-hybridized carbons (Fsp3) is 0.714. The molecule has 0 amide bonds. The molecule has 54 valence electrons.